The highest BCUT2D eigenvalue weighted by Gasteiger charge is 2.12. The number of unbranched alkanes of at least 4 members (excludes halogenated alkanes) is 1. The highest BCUT2D eigenvalue weighted by atomic mass is 14.9. The maximum atomic E-state index is 3.68. The van der Waals surface area contributed by atoms with Gasteiger partial charge in [-0.3, -0.25) is 0 Å². The molecule has 0 aliphatic carbocycles. The fourth-order valence-electron chi connectivity index (χ4n) is 2.31. The van der Waals surface area contributed by atoms with Crippen molar-refractivity contribution >= 4 is 0 Å². The number of benzene rings is 1. The van der Waals surface area contributed by atoms with Crippen LogP contribution in [0, 0.1) is 13.8 Å². The van der Waals surface area contributed by atoms with Crippen LogP contribution in [0.5, 0.6) is 0 Å². The van der Waals surface area contributed by atoms with Gasteiger partial charge in [0.05, 0.1) is 0 Å². The Morgan fingerprint density at radius 2 is 1.88 bits per heavy atom. The Hall–Kier alpha value is -0.820. The zero-order chi connectivity index (χ0) is 12.7. The third kappa shape index (κ3) is 4.51. The zero-order valence-corrected chi connectivity index (χ0v) is 11.8. The minimum atomic E-state index is 0.538. The Morgan fingerprint density at radius 3 is 2.47 bits per heavy atom. The van der Waals surface area contributed by atoms with E-state index >= 15 is 0 Å². The zero-order valence-electron chi connectivity index (χ0n) is 11.8. The Labute approximate surface area is 107 Å². The van der Waals surface area contributed by atoms with Gasteiger partial charge < -0.3 is 5.32 Å². The highest BCUT2D eigenvalue weighted by Crippen LogP contribution is 2.23. The minimum Gasteiger partial charge on any atom is -0.310 e. The molecule has 1 nitrogen and oxygen atoms in total. The average Bonchev–Trinajstić information content (AvgIpc) is 2.30. The van der Waals surface area contributed by atoms with E-state index in [1.165, 1.54) is 42.4 Å². The van der Waals surface area contributed by atoms with Gasteiger partial charge in [0.2, 0.25) is 0 Å². The van der Waals surface area contributed by atoms with E-state index in [9.17, 15) is 0 Å². The summed E-state index contributed by atoms with van der Waals surface area (Å²) < 4.78 is 0. The van der Waals surface area contributed by atoms with Crippen LogP contribution < -0.4 is 5.32 Å². The van der Waals surface area contributed by atoms with Gasteiger partial charge in [0.15, 0.2) is 0 Å². The Bertz CT molecular complexity index is 322. The third-order valence-corrected chi connectivity index (χ3v) is 3.29. The van der Waals surface area contributed by atoms with Gasteiger partial charge in [-0.05, 0) is 44.4 Å². The Morgan fingerprint density at radius 1 is 1.12 bits per heavy atom. The van der Waals surface area contributed by atoms with Gasteiger partial charge in [0.25, 0.3) is 0 Å². The summed E-state index contributed by atoms with van der Waals surface area (Å²) in [6, 6.07) is 7.36. The second kappa shape index (κ2) is 7.50. The molecule has 0 amide bonds. The molecule has 0 spiro atoms. The molecule has 0 saturated carbocycles. The second-order valence-electron chi connectivity index (χ2n) is 5.01. The van der Waals surface area contributed by atoms with E-state index in [0.29, 0.717) is 6.04 Å². The summed E-state index contributed by atoms with van der Waals surface area (Å²) in [5.74, 6) is 0. The number of aryl methyl sites for hydroxylation is 2. The number of rotatable bonds is 7. The van der Waals surface area contributed by atoms with Crippen molar-refractivity contribution in [1.29, 1.82) is 0 Å². The molecule has 0 radical (unpaired) electrons. The second-order valence-corrected chi connectivity index (χ2v) is 5.01. The lowest BCUT2D eigenvalue weighted by molar-refractivity contribution is 0.479. The minimum absolute atomic E-state index is 0.538. The van der Waals surface area contributed by atoms with Crippen molar-refractivity contribution in [3.8, 4) is 0 Å². The van der Waals surface area contributed by atoms with Gasteiger partial charge in [-0.1, -0.05) is 50.5 Å². The molecule has 0 aliphatic rings. The number of hydrogen-bond acceptors (Lipinski definition) is 1. The lowest BCUT2D eigenvalue weighted by atomic mass is 9.95. The van der Waals surface area contributed by atoms with Crippen molar-refractivity contribution in [1.82, 2.24) is 5.32 Å². The summed E-state index contributed by atoms with van der Waals surface area (Å²) in [7, 11) is 0. The van der Waals surface area contributed by atoms with Crippen LogP contribution in [0.2, 0.25) is 0 Å². The molecule has 0 aromatic heterocycles. The van der Waals surface area contributed by atoms with Crippen molar-refractivity contribution < 1.29 is 0 Å². The molecule has 1 unspecified atom stereocenters. The quantitative estimate of drug-likeness (QED) is 0.729. The lowest BCUT2D eigenvalue weighted by Crippen LogP contribution is -2.22. The topological polar surface area (TPSA) is 12.0 Å². The maximum absolute atomic E-state index is 3.68. The van der Waals surface area contributed by atoms with Crippen LogP contribution in [-0.2, 0) is 0 Å². The van der Waals surface area contributed by atoms with Gasteiger partial charge in [-0.15, -0.1) is 0 Å². The summed E-state index contributed by atoms with van der Waals surface area (Å²) in [4.78, 5) is 0. The molecular weight excluding hydrogens is 206 g/mol. The standard InChI is InChI=1S/C16H27N/c1-5-7-8-16(17-11-6-2)15-10-9-13(3)12-14(15)4/h9-10,12,16-17H,5-8,11H2,1-4H3. The van der Waals surface area contributed by atoms with E-state index < -0.39 is 0 Å². The van der Waals surface area contributed by atoms with Gasteiger partial charge in [0, 0.05) is 6.04 Å². The normalized spacial score (nSPS) is 12.7. The monoisotopic (exact) mass is 233 g/mol. The van der Waals surface area contributed by atoms with Crippen LogP contribution in [-0.4, -0.2) is 6.54 Å². The number of nitrogens with one attached hydrogen (secondary N) is 1. The third-order valence-electron chi connectivity index (χ3n) is 3.29. The van der Waals surface area contributed by atoms with Gasteiger partial charge in [-0.25, -0.2) is 0 Å². The van der Waals surface area contributed by atoms with E-state index in [2.05, 4.69) is 51.2 Å². The Balaban J connectivity index is 2.79. The van der Waals surface area contributed by atoms with Crippen molar-refractivity contribution in [2.45, 2.75) is 59.4 Å². The van der Waals surface area contributed by atoms with Gasteiger partial charge in [-0.2, -0.15) is 0 Å². The first-order valence-electron chi connectivity index (χ1n) is 6.99. The molecule has 0 aliphatic heterocycles. The predicted molar refractivity (Wildman–Crippen MR) is 76.5 cm³/mol. The molecule has 17 heavy (non-hydrogen) atoms. The summed E-state index contributed by atoms with van der Waals surface area (Å²) in [5, 5.41) is 3.68. The van der Waals surface area contributed by atoms with Crippen LogP contribution in [0.25, 0.3) is 0 Å². The molecule has 0 fully saturated rings. The lowest BCUT2D eigenvalue weighted by Gasteiger charge is -2.21. The largest absolute Gasteiger partial charge is 0.310 e. The molecule has 96 valence electrons. The van der Waals surface area contributed by atoms with Crippen LogP contribution in [0.4, 0.5) is 0 Å². The Kier molecular flexibility index (Phi) is 6.28. The van der Waals surface area contributed by atoms with Crippen molar-refractivity contribution in [3.63, 3.8) is 0 Å². The van der Waals surface area contributed by atoms with Crippen LogP contribution in [0.1, 0.15) is 62.3 Å². The summed E-state index contributed by atoms with van der Waals surface area (Å²) >= 11 is 0. The number of hydrogen-bond donors (Lipinski definition) is 1. The molecule has 1 aromatic rings. The van der Waals surface area contributed by atoms with Crippen LogP contribution in [0.3, 0.4) is 0 Å². The SMILES string of the molecule is CCCCC(NCCC)c1ccc(C)cc1C. The fourth-order valence-corrected chi connectivity index (χ4v) is 2.31. The first-order valence-corrected chi connectivity index (χ1v) is 6.99. The molecule has 1 heteroatoms. The molecule has 1 rings (SSSR count). The van der Waals surface area contributed by atoms with Crippen LogP contribution in [0.15, 0.2) is 18.2 Å². The van der Waals surface area contributed by atoms with Gasteiger partial charge >= 0.3 is 0 Å². The average molecular weight is 233 g/mol. The molecule has 1 N–H and O–H groups in total. The summed E-state index contributed by atoms with van der Waals surface area (Å²) in [6.07, 6.45) is 5.03. The molecule has 0 saturated heterocycles. The van der Waals surface area contributed by atoms with Gasteiger partial charge in [0.1, 0.15) is 0 Å². The van der Waals surface area contributed by atoms with E-state index in [1.54, 1.807) is 0 Å². The molecule has 1 atom stereocenters. The first kappa shape index (κ1) is 14.2. The predicted octanol–water partition coefficient (Wildman–Crippen LogP) is 4.53. The molecule has 0 heterocycles. The van der Waals surface area contributed by atoms with E-state index in [4.69, 9.17) is 0 Å². The van der Waals surface area contributed by atoms with Crippen molar-refractivity contribution in [3.05, 3.63) is 34.9 Å². The van der Waals surface area contributed by atoms with Crippen molar-refractivity contribution in [2.75, 3.05) is 6.54 Å². The van der Waals surface area contributed by atoms with E-state index in [1.807, 2.05) is 0 Å². The maximum Gasteiger partial charge on any atom is 0.0322 e. The fraction of sp³-hybridized carbons (Fsp3) is 0.625. The smallest absolute Gasteiger partial charge is 0.0322 e. The highest BCUT2D eigenvalue weighted by molar-refractivity contribution is 5.32. The first-order chi connectivity index (χ1) is 8.19. The molecule has 1 aromatic carbocycles. The van der Waals surface area contributed by atoms with Crippen LogP contribution >= 0.6 is 0 Å². The van der Waals surface area contributed by atoms with E-state index in [-0.39, 0.29) is 0 Å². The van der Waals surface area contributed by atoms with E-state index in [0.717, 1.165) is 6.54 Å². The molecular formula is C16H27N. The summed E-state index contributed by atoms with van der Waals surface area (Å²) in [6.45, 7) is 10.00. The summed E-state index contributed by atoms with van der Waals surface area (Å²) in [5.41, 5.74) is 4.27. The van der Waals surface area contributed by atoms with Crippen molar-refractivity contribution in [2.24, 2.45) is 0 Å². The molecule has 0 bridgehead atoms.